The van der Waals surface area contributed by atoms with E-state index < -0.39 is 5.54 Å². The van der Waals surface area contributed by atoms with Crippen LogP contribution in [0.5, 0.6) is 5.75 Å². The van der Waals surface area contributed by atoms with Crippen LogP contribution < -0.4 is 10.1 Å². The minimum atomic E-state index is -1.02. The molecule has 0 radical (unpaired) electrons. The summed E-state index contributed by atoms with van der Waals surface area (Å²) in [5.74, 6) is 0.493. The van der Waals surface area contributed by atoms with E-state index in [1.807, 2.05) is 37.3 Å². The van der Waals surface area contributed by atoms with Gasteiger partial charge < -0.3 is 19.7 Å². The summed E-state index contributed by atoms with van der Waals surface area (Å²) in [6.07, 6.45) is 8.63. The molecule has 2 heterocycles. The Morgan fingerprint density at radius 2 is 1.80 bits per heavy atom. The normalized spacial score (nSPS) is 21.2. The third-order valence-corrected chi connectivity index (χ3v) is 7.34. The Labute approximate surface area is 208 Å². The molecule has 0 unspecified atom stereocenters. The summed E-state index contributed by atoms with van der Waals surface area (Å²) in [6.45, 7) is 3.16. The third kappa shape index (κ3) is 5.53. The minimum Gasteiger partial charge on any atom is -0.497 e. The highest BCUT2D eigenvalue weighted by Gasteiger charge is 2.48. The molecule has 2 aliphatic rings. The summed E-state index contributed by atoms with van der Waals surface area (Å²) < 4.78 is 12.2. The lowest BCUT2D eigenvalue weighted by Gasteiger charge is -2.44. The van der Waals surface area contributed by atoms with Gasteiger partial charge in [-0.25, -0.2) is 0 Å². The zero-order valence-electron chi connectivity index (χ0n) is 21.2. The van der Waals surface area contributed by atoms with Gasteiger partial charge in [0.05, 0.1) is 19.3 Å². The van der Waals surface area contributed by atoms with Crippen molar-refractivity contribution in [2.75, 3.05) is 27.4 Å². The number of carbonyl (C=O) groups is 2. The zero-order valence-corrected chi connectivity index (χ0v) is 21.2. The summed E-state index contributed by atoms with van der Waals surface area (Å²) in [5.41, 5.74) is 1.08. The van der Waals surface area contributed by atoms with Gasteiger partial charge in [-0.1, -0.05) is 32.1 Å². The number of amides is 2. The van der Waals surface area contributed by atoms with Crippen LogP contribution in [-0.2, 0) is 16.1 Å². The predicted octanol–water partition coefficient (Wildman–Crippen LogP) is 4.04. The number of rotatable bonds is 8. The van der Waals surface area contributed by atoms with Crippen LogP contribution in [0.3, 0.4) is 0 Å². The fourth-order valence-electron chi connectivity index (χ4n) is 5.20. The minimum absolute atomic E-state index is 0.0963. The van der Waals surface area contributed by atoms with Gasteiger partial charge in [0.25, 0.3) is 5.91 Å². The summed E-state index contributed by atoms with van der Waals surface area (Å²) in [4.78, 5) is 29.2. The summed E-state index contributed by atoms with van der Waals surface area (Å²) >= 11 is 0. The number of carbonyl (C=O) groups excluding carboxylic acids is 2. The highest BCUT2D eigenvalue weighted by Crippen LogP contribution is 2.31. The van der Waals surface area contributed by atoms with E-state index in [0.717, 1.165) is 37.0 Å². The quantitative estimate of drug-likeness (QED) is 0.574. The van der Waals surface area contributed by atoms with Crippen molar-refractivity contribution < 1.29 is 19.1 Å². The topological polar surface area (TPSA) is 85.7 Å². The first-order valence-corrected chi connectivity index (χ1v) is 12.8. The first-order valence-electron chi connectivity index (χ1n) is 12.8. The Hall–Kier alpha value is -2.87. The molecule has 1 fully saturated rings. The number of nitrogens with one attached hydrogen (secondary N) is 1. The molecule has 0 bridgehead atoms. The van der Waals surface area contributed by atoms with Crippen molar-refractivity contribution in [1.82, 2.24) is 20.0 Å². The summed E-state index contributed by atoms with van der Waals surface area (Å²) in [7, 11) is 3.28. The molecule has 0 spiro atoms. The molecule has 0 saturated heterocycles. The molecular formula is C27H38N4O4. The second kappa shape index (κ2) is 11.2. The first-order chi connectivity index (χ1) is 17.0. The van der Waals surface area contributed by atoms with Gasteiger partial charge >= 0.3 is 0 Å². The fourth-order valence-corrected chi connectivity index (χ4v) is 5.20. The van der Waals surface area contributed by atoms with E-state index in [1.54, 1.807) is 23.8 Å². The van der Waals surface area contributed by atoms with Gasteiger partial charge in [0.1, 0.15) is 17.0 Å². The van der Waals surface area contributed by atoms with Crippen molar-refractivity contribution in [1.29, 1.82) is 0 Å². The van der Waals surface area contributed by atoms with Gasteiger partial charge in [-0.3, -0.25) is 14.3 Å². The van der Waals surface area contributed by atoms with E-state index in [4.69, 9.17) is 14.6 Å². The highest BCUT2D eigenvalue weighted by atomic mass is 16.5. The van der Waals surface area contributed by atoms with E-state index in [9.17, 15) is 9.59 Å². The Bertz CT molecular complexity index is 1010. The average Bonchev–Trinajstić information content (AvgIpc) is 3.26. The summed E-state index contributed by atoms with van der Waals surface area (Å²) in [6, 6.07) is 9.57. The van der Waals surface area contributed by atoms with Crippen LogP contribution in [0.2, 0.25) is 0 Å². The molecule has 1 aliphatic carbocycles. The van der Waals surface area contributed by atoms with Gasteiger partial charge in [-0.2, -0.15) is 5.10 Å². The summed E-state index contributed by atoms with van der Waals surface area (Å²) in [5, 5.41) is 8.03. The average molecular weight is 483 g/mol. The largest absolute Gasteiger partial charge is 0.497 e. The van der Waals surface area contributed by atoms with Crippen molar-refractivity contribution in [3.63, 3.8) is 0 Å². The SMILES string of the molecule is COCCCN1C(=O)c2cc(-c3ccc(OC)cc3)nn2C[C@@]1(C)C(=O)NC1CCCCCCC1. The highest BCUT2D eigenvalue weighted by molar-refractivity contribution is 6.00. The zero-order chi connectivity index (χ0) is 24.8. The van der Waals surface area contributed by atoms with Gasteiger partial charge in [0, 0.05) is 31.9 Å². The van der Waals surface area contributed by atoms with E-state index in [1.165, 1.54) is 19.3 Å². The van der Waals surface area contributed by atoms with Crippen LogP contribution in [0.15, 0.2) is 30.3 Å². The van der Waals surface area contributed by atoms with E-state index in [2.05, 4.69) is 5.32 Å². The standard InChI is InChI=1S/C27H38N4O4/c1-27(26(33)28-21-10-7-5-4-6-8-11-21)19-31-24(25(32)30(27)16-9-17-34-2)18-23(29-31)20-12-14-22(35-3)15-13-20/h12-15,18,21H,4-11,16-17,19H2,1-3H3,(H,28,33)/t27-/m0/s1. The molecule has 1 N–H and O–H groups in total. The molecule has 2 aromatic rings. The molecule has 190 valence electrons. The van der Waals surface area contributed by atoms with Gasteiger partial charge in [-0.05, 0) is 56.5 Å². The number of benzene rings is 1. The Morgan fingerprint density at radius 1 is 1.11 bits per heavy atom. The lowest BCUT2D eigenvalue weighted by molar-refractivity contribution is -0.134. The van der Waals surface area contributed by atoms with Crippen LogP contribution >= 0.6 is 0 Å². The number of fused-ring (bicyclic) bond motifs is 1. The van der Waals surface area contributed by atoms with Crippen LogP contribution in [0.1, 0.15) is 68.8 Å². The van der Waals surface area contributed by atoms with E-state index in [0.29, 0.717) is 37.5 Å². The number of aromatic nitrogens is 2. The van der Waals surface area contributed by atoms with Crippen molar-refractivity contribution in [3.8, 4) is 17.0 Å². The number of methoxy groups -OCH3 is 2. The van der Waals surface area contributed by atoms with Crippen LogP contribution in [0.25, 0.3) is 11.3 Å². The molecule has 35 heavy (non-hydrogen) atoms. The second-order valence-electron chi connectivity index (χ2n) is 9.89. The monoisotopic (exact) mass is 482 g/mol. The molecular weight excluding hydrogens is 444 g/mol. The van der Waals surface area contributed by atoms with E-state index in [-0.39, 0.29) is 17.9 Å². The number of hydrogen-bond donors (Lipinski definition) is 1. The molecule has 1 aromatic carbocycles. The van der Waals surface area contributed by atoms with Gasteiger partial charge in [0.15, 0.2) is 0 Å². The van der Waals surface area contributed by atoms with Crippen LogP contribution in [0, 0.1) is 0 Å². The molecule has 8 nitrogen and oxygen atoms in total. The van der Waals surface area contributed by atoms with Crippen molar-refractivity contribution >= 4 is 11.8 Å². The molecule has 2 amide bonds. The maximum absolute atomic E-state index is 13.7. The second-order valence-corrected chi connectivity index (χ2v) is 9.89. The number of ether oxygens (including phenoxy) is 2. The Balaban J connectivity index is 1.61. The molecule has 8 heteroatoms. The first kappa shape index (κ1) is 25.2. The van der Waals surface area contributed by atoms with Crippen LogP contribution in [-0.4, -0.2) is 65.4 Å². The molecule has 4 rings (SSSR count). The maximum atomic E-state index is 13.7. The van der Waals surface area contributed by atoms with Gasteiger partial charge in [-0.15, -0.1) is 0 Å². The van der Waals surface area contributed by atoms with Crippen molar-refractivity contribution in [3.05, 3.63) is 36.0 Å². The number of hydrogen-bond acceptors (Lipinski definition) is 5. The Morgan fingerprint density at radius 3 is 2.46 bits per heavy atom. The molecule has 1 atom stereocenters. The van der Waals surface area contributed by atoms with Gasteiger partial charge in [0.2, 0.25) is 5.91 Å². The predicted molar refractivity (Wildman–Crippen MR) is 134 cm³/mol. The smallest absolute Gasteiger partial charge is 0.273 e. The Kier molecular flexibility index (Phi) is 8.11. The number of nitrogens with zero attached hydrogens (tertiary/aromatic N) is 3. The fraction of sp³-hybridized carbons (Fsp3) is 0.593. The molecule has 1 aliphatic heterocycles. The van der Waals surface area contributed by atoms with E-state index >= 15 is 0 Å². The molecule has 1 saturated carbocycles. The molecule has 1 aromatic heterocycles. The van der Waals surface area contributed by atoms with Crippen molar-refractivity contribution in [2.24, 2.45) is 0 Å². The van der Waals surface area contributed by atoms with Crippen LogP contribution in [0.4, 0.5) is 0 Å². The lowest BCUT2D eigenvalue weighted by atomic mass is 9.92. The maximum Gasteiger partial charge on any atom is 0.273 e. The third-order valence-electron chi connectivity index (χ3n) is 7.34. The lowest BCUT2D eigenvalue weighted by Crippen LogP contribution is -2.65. The van der Waals surface area contributed by atoms with Crippen molar-refractivity contribution in [2.45, 2.75) is 76.4 Å².